The second-order valence-corrected chi connectivity index (χ2v) is 4.62. The molecule has 94 valence electrons. The summed E-state index contributed by atoms with van der Waals surface area (Å²) in [6.07, 6.45) is 0.804. The Bertz CT molecular complexity index is 537. The topological polar surface area (TPSA) is 92.9 Å². The van der Waals surface area contributed by atoms with Crippen LogP contribution in [0.25, 0.3) is 0 Å². The number of aryl methyl sites for hydroxylation is 1. The molecule has 6 nitrogen and oxygen atoms in total. The molecule has 7 heteroatoms. The van der Waals surface area contributed by atoms with E-state index in [1.807, 2.05) is 6.92 Å². The Morgan fingerprint density at radius 1 is 1.28 bits per heavy atom. The lowest BCUT2D eigenvalue weighted by Crippen LogP contribution is -2.19. The van der Waals surface area contributed by atoms with Crippen LogP contribution in [-0.2, 0) is 6.42 Å². The summed E-state index contributed by atoms with van der Waals surface area (Å²) in [6.45, 7) is 1.98. The number of nitrogens with two attached hydrogens (primary N) is 1. The van der Waals surface area contributed by atoms with Crippen LogP contribution < -0.4 is 16.4 Å². The fourth-order valence-corrected chi connectivity index (χ4v) is 1.95. The largest absolute Gasteiger partial charge is 0.399 e. The van der Waals surface area contributed by atoms with Crippen LogP contribution in [0.15, 0.2) is 24.3 Å². The van der Waals surface area contributed by atoms with Gasteiger partial charge in [0.05, 0.1) is 0 Å². The lowest BCUT2D eigenvalue weighted by molar-refractivity contribution is 0.262. The van der Waals surface area contributed by atoms with Gasteiger partial charge in [0.2, 0.25) is 5.13 Å². The minimum Gasteiger partial charge on any atom is -0.399 e. The van der Waals surface area contributed by atoms with E-state index in [0.717, 1.165) is 11.4 Å². The number of anilines is 3. The molecule has 1 heterocycles. The second kappa shape index (κ2) is 5.46. The van der Waals surface area contributed by atoms with E-state index >= 15 is 0 Å². The molecule has 2 amide bonds. The fraction of sp³-hybridized carbons (Fsp3) is 0.182. The Hall–Kier alpha value is -2.15. The van der Waals surface area contributed by atoms with Gasteiger partial charge < -0.3 is 11.1 Å². The summed E-state index contributed by atoms with van der Waals surface area (Å²) in [7, 11) is 0. The van der Waals surface area contributed by atoms with Crippen molar-refractivity contribution in [1.29, 1.82) is 0 Å². The first-order chi connectivity index (χ1) is 8.67. The van der Waals surface area contributed by atoms with Gasteiger partial charge in [-0.25, -0.2) is 4.79 Å². The quantitative estimate of drug-likeness (QED) is 0.741. The number of carbonyl (C=O) groups is 1. The molecule has 2 rings (SSSR count). The van der Waals surface area contributed by atoms with Crippen LogP contribution in [0.3, 0.4) is 0 Å². The zero-order valence-corrected chi connectivity index (χ0v) is 10.6. The van der Waals surface area contributed by atoms with Gasteiger partial charge in [0.1, 0.15) is 5.01 Å². The lowest BCUT2D eigenvalue weighted by atomic mass is 10.3. The molecule has 0 aliphatic carbocycles. The molecule has 0 aliphatic rings. The number of hydrogen-bond donors (Lipinski definition) is 3. The van der Waals surface area contributed by atoms with Gasteiger partial charge in [0.15, 0.2) is 0 Å². The van der Waals surface area contributed by atoms with E-state index in [4.69, 9.17) is 5.73 Å². The first-order valence-electron chi connectivity index (χ1n) is 5.43. The van der Waals surface area contributed by atoms with Gasteiger partial charge in [-0.15, -0.1) is 10.2 Å². The molecule has 1 aromatic heterocycles. The van der Waals surface area contributed by atoms with Crippen LogP contribution in [0.2, 0.25) is 0 Å². The van der Waals surface area contributed by atoms with Crippen molar-refractivity contribution in [2.45, 2.75) is 13.3 Å². The molecule has 0 bridgehead atoms. The Balaban J connectivity index is 1.94. The minimum absolute atomic E-state index is 0.349. The number of urea groups is 1. The van der Waals surface area contributed by atoms with Gasteiger partial charge in [0, 0.05) is 11.4 Å². The first kappa shape index (κ1) is 12.3. The maximum Gasteiger partial charge on any atom is 0.325 e. The highest BCUT2D eigenvalue weighted by atomic mass is 32.1. The molecule has 0 aliphatic heterocycles. The SMILES string of the molecule is CCc1nnc(NC(=O)Nc2ccc(N)cc2)s1. The van der Waals surface area contributed by atoms with E-state index in [-0.39, 0.29) is 6.03 Å². The number of nitrogen functional groups attached to an aromatic ring is 1. The summed E-state index contributed by atoms with van der Waals surface area (Å²) in [5.74, 6) is 0. The van der Waals surface area contributed by atoms with Gasteiger partial charge in [-0.3, -0.25) is 5.32 Å². The molecule has 0 atom stereocenters. The molecular weight excluding hydrogens is 250 g/mol. The van der Waals surface area contributed by atoms with Gasteiger partial charge in [-0.05, 0) is 30.7 Å². The number of aromatic nitrogens is 2. The zero-order chi connectivity index (χ0) is 13.0. The predicted molar refractivity (Wildman–Crippen MR) is 72.8 cm³/mol. The molecule has 18 heavy (non-hydrogen) atoms. The van der Waals surface area contributed by atoms with E-state index in [1.54, 1.807) is 24.3 Å². The number of amides is 2. The van der Waals surface area contributed by atoms with E-state index in [0.29, 0.717) is 16.5 Å². The molecule has 0 fully saturated rings. The van der Waals surface area contributed by atoms with E-state index < -0.39 is 0 Å². The van der Waals surface area contributed by atoms with E-state index in [9.17, 15) is 4.79 Å². The summed E-state index contributed by atoms with van der Waals surface area (Å²) in [6, 6.07) is 6.54. The van der Waals surface area contributed by atoms with Crippen LogP contribution in [0.4, 0.5) is 21.3 Å². The molecule has 0 radical (unpaired) electrons. The van der Waals surface area contributed by atoms with Crippen molar-refractivity contribution in [2.24, 2.45) is 0 Å². The maximum absolute atomic E-state index is 11.6. The number of rotatable bonds is 3. The Labute approximate surface area is 108 Å². The lowest BCUT2D eigenvalue weighted by Gasteiger charge is -2.04. The van der Waals surface area contributed by atoms with Crippen molar-refractivity contribution in [1.82, 2.24) is 10.2 Å². The predicted octanol–water partition coefficient (Wildman–Crippen LogP) is 2.33. The highest BCUT2D eigenvalue weighted by Crippen LogP contribution is 2.16. The monoisotopic (exact) mass is 263 g/mol. The highest BCUT2D eigenvalue weighted by Gasteiger charge is 2.07. The molecule has 1 aromatic carbocycles. The highest BCUT2D eigenvalue weighted by molar-refractivity contribution is 7.15. The van der Waals surface area contributed by atoms with Gasteiger partial charge in [-0.1, -0.05) is 18.3 Å². The molecule has 0 spiro atoms. The third-order valence-corrected chi connectivity index (χ3v) is 3.14. The number of nitrogens with zero attached hydrogens (tertiary/aromatic N) is 2. The van der Waals surface area contributed by atoms with Crippen molar-refractivity contribution < 1.29 is 4.79 Å². The number of carbonyl (C=O) groups excluding carboxylic acids is 1. The second-order valence-electron chi connectivity index (χ2n) is 3.56. The van der Waals surface area contributed by atoms with Crippen molar-refractivity contribution in [3.05, 3.63) is 29.3 Å². The molecule has 0 saturated heterocycles. The number of benzene rings is 1. The Kier molecular flexibility index (Phi) is 3.73. The van der Waals surface area contributed by atoms with Crippen LogP contribution in [0, 0.1) is 0 Å². The van der Waals surface area contributed by atoms with Crippen molar-refractivity contribution >= 4 is 33.9 Å². The molecule has 4 N–H and O–H groups in total. The van der Waals surface area contributed by atoms with Crippen molar-refractivity contribution in [3.63, 3.8) is 0 Å². The summed E-state index contributed by atoms with van der Waals surface area (Å²) in [5, 5.41) is 14.4. The summed E-state index contributed by atoms with van der Waals surface area (Å²) in [4.78, 5) is 11.6. The average Bonchev–Trinajstić information content (AvgIpc) is 2.79. The average molecular weight is 263 g/mol. The third-order valence-electron chi connectivity index (χ3n) is 2.16. The summed E-state index contributed by atoms with van der Waals surface area (Å²) >= 11 is 1.36. The van der Waals surface area contributed by atoms with Crippen LogP contribution in [-0.4, -0.2) is 16.2 Å². The van der Waals surface area contributed by atoms with Gasteiger partial charge in [0.25, 0.3) is 0 Å². The van der Waals surface area contributed by atoms with Crippen LogP contribution >= 0.6 is 11.3 Å². The molecule has 0 unspecified atom stereocenters. The van der Waals surface area contributed by atoms with Crippen LogP contribution in [0.5, 0.6) is 0 Å². The maximum atomic E-state index is 11.6. The van der Waals surface area contributed by atoms with Gasteiger partial charge in [-0.2, -0.15) is 0 Å². The summed E-state index contributed by atoms with van der Waals surface area (Å²) < 4.78 is 0. The Morgan fingerprint density at radius 2 is 2.00 bits per heavy atom. The van der Waals surface area contributed by atoms with E-state index in [2.05, 4.69) is 20.8 Å². The Morgan fingerprint density at radius 3 is 2.61 bits per heavy atom. The number of nitrogens with one attached hydrogen (secondary N) is 2. The van der Waals surface area contributed by atoms with E-state index in [1.165, 1.54) is 11.3 Å². The van der Waals surface area contributed by atoms with Crippen molar-refractivity contribution in [2.75, 3.05) is 16.4 Å². The van der Waals surface area contributed by atoms with Crippen molar-refractivity contribution in [3.8, 4) is 0 Å². The normalized spacial score (nSPS) is 10.1. The third kappa shape index (κ3) is 3.17. The van der Waals surface area contributed by atoms with Crippen LogP contribution in [0.1, 0.15) is 11.9 Å². The molecule has 2 aromatic rings. The molecular formula is C11H13N5OS. The fourth-order valence-electron chi connectivity index (χ4n) is 1.27. The van der Waals surface area contributed by atoms with Gasteiger partial charge >= 0.3 is 6.03 Å². The number of hydrogen-bond acceptors (Lipinski definition) is 5. The minimum atomic E-state index is -0.349. The molecule has 0 saturated carbocycles. The smallest absolute Gasteiger partial charge is 0.325 e. The first-order valence-corrected chi connectivity index (χ1v) is 6.25. The summed E-state index contributed by atoms with van der Waals surface area (Å²) in [5.41, 5.74) is 6.87. The zero-order valence-electron chi connectivity index (χ0n) is 9.80. The standard InChI is InChI=1S/C11H13N5OS/c1-2-9-15-16-11(18-9)14-10(17)13-8-5-3-7(12)4-6-8/h3-6H,2,12H2,1H3,(H2,13,14,16,17).